The molecule has 8 heteroatoms. The van der Waals surface area contributed by atoms with Crippen LogP contribution in [-0.2, 0) is 9.53 Å². The van der Waals surface area contributed by atoms with Crippen molar-refractivity contribution in [3.63, 3.8) is 0 Å². The lowest BCUT2D eigenvalue weighted by Gasteiger charge is -2.39. The lowest BCUT2D eigenvalue weighted by Crippen LogP contribution is -2.62. The number of ether oxygens (including phenoxy) is 2. The first-order valence-electron chi connectivity index (χ1n) is 6.87. The normalized spacial score (nSPS) is 26.3. The van der Waals surface area contributed by atoms with Crippen LogP contribution in [0.25, 0.3) is 0 Å². The molecule has 0 aliphatic carbocycles. The number of methoxy groups -OCH3 is 1. The van der Waals surface area contributed by atoms with E-state index in [4.69, 9.17) is 15.2 Å². The third-order valence-corrected chi connectivity index (χ3v) is 3.92. The largest absolute Gasteiger partial charge is 0.497 e. The standard InChI is InChI=1S/C15H14N4O4/c1-22-8-4-2-7(3-5-8)10-9(6-16)12(17)23-14-11(10)13(20)18-15(21)19-14/h2-5,10-11,14H,17H2,1H3,(H2,18,19,20,21). The molecular weight excluding hydrogens is 300 g/mol. The second-order valence-corrected chi connectivity index (χ2v) is 5.17. The van der Waals surface area contributed by atoms with Gasteiger partial charge in [-0.2, -0.15) is 5.26 Å². The number of nitrogens with two attached hydrogens (primary N) is 1. The molecule has 8 nitrogen and oxygen atoms in total. The van der Waals surface area contributed by atoms with Gasteiger partial charge in [-0.25, -0.2) is 4.79 Å². The summed E-state index contributed by atoms with van der Waals surface area (Å²) in [5.74, 6) is -1.37. The van der Waals surface area contributed by atoms with Crippen LogP contribution in [0.2, 0.25) is 0 Å². The minimum atomic E-state index is -0.916. The maximum Gasteiger partial charge on any atom is 0.324 e. The number of nitrogens with zero attached hydrogens (tertiary/aromatic N) is 1. The van der Waals surface area contributed by atoms with Crippen molar-refractivity contribution in [3.8, 4) is 11.8 Å². The van der Waals surface area contributed by atoms with Crippen LogP contribution >= 0.6 is 0 Å². The fraction of sp³-hybridized carbons (Fsp3) is 0.267. The summed E-state index contributed by atoms with van der Waals surface area (Å²) >= 11 is 0. The molecule has 1 aromatic rings. The van der Waals surface area contributed by atoms with Crippen molar-refractivity contribution in [2.75, 3.05) is 7.11 Å². The lowest BCUT2D eigenvalue weighted by molar-refractivity contribution is -0.132. The van der Waals surface area contributed by atoms with E-state index in [1.165, 1.54) is 0 Å². The predicted molar refractivity (Wildman–Crippen MR) is 77.6 cm³/mol. The van der Waals surface area contributed by atoms with Gasteiger partial charge in [-0.15, -0.1) is 0 Å². The Bertz CT molecular complexity index is 735. The fourth-order valence-corrected chi connectivity index (χ4v) is 2.86. The van der Waals surface area contributed by atoms with E-state index in [0.717, 1.165) is 0 Å². The van der Waals surface area contributed by atoms with Crippen molar-refractivity contribution in [1.82, 2.24) is 10.6 Å². The van der Waals surface area contributed by atoms with Crippen LogP contribution < -0.4 is 21.1 Å². The van der Waals surface area contributed by atoms with Gasteiger partial charge in [-0.3, -0.25) is 10.1 Å². The maximum atomic E-state index is 12.3. The smallest absolute Gasteiger partial charge is 0.324 e. The van der Waals surface area contributed by atoms with Gasteiger partial charge < -0.3 is 20.5 Å². The van der Waals surface area contributed by atoms with Crippen molar-refractivity contribution in [2.45, 2.75) is 12.1 Å². The van der Waals surface area contributed by atoms with Crippen LogP contribution in [0.15, 0.2) is 35.7 Å². The molecular formula is C15H14N4O4. The number of hydrogen-bond acceptors (Lipinski definition) is 6. The minimum Gasteiger partial charge on any atom is -0.497 e. The number of hydrogen-bond donors (Lipinski definition) is 3. The highest BCUT2D eigenvalue weighted by Crippen LogP contribution is 2.40. The van der Waals surface area contributed by atoms with E-state index in [0.29, 0.717) is 11.3 Å². The Hall–Kier alpha value is -3.21. The zero-order valence-electron chi connectivity index (χ0n) is 12.2. The SMILES string of the molecule is COc1ccc(C2C(C#N)=C(N)OC3NC(=O)NC(=O)C32)cc1. The minimum absolute atomic E-state index is 0.0930. The predicted octanol–water partition coefficient (Wildman–Crippen LogP) is 0.285. The number of nitriles is 1. The maximum absolute atomic E-state index is 12.3. The highest BCUT2D eigenvalue weighted by Gasteiger charge is 2.48. The van der Waals surface area contributed by atoms with Gasteiger partial charge in [-0.05, 0) is 17.7 Å². The molecule has 0 saturated carbocycles. The zero-order valence-corrected chi connectivity index (χ0v) is 12.2. The number of rotatable bonds is 2. The molecule has 23 heavy (non-hydrogen) atoms. The van der Waals surface area contributed by atoms with Crippen molar-refractivity contribution in [3.05, 3.63) is 41.3 Å². The van der Waals surface area contributed by atoms with Crippen LogP contribution in [0.4, 0.5) is 4.79 Å². The number of nitrogens with one attached hydrogen (secondary N) is 2. The molecule has 1 saturated heterocycles. The molecule has 0 radical (unpaired) electrons. The second-order valence-electron chi connectivity index (χ2n) is 5.17. The monoisotopic (exact) mass is 314 g/mol. The van der Waals surface area contributed by atoms with E-state index in [-0.39, 0.29) is 11.5 Å². The number of fused-ring (bicyclic) bond motifs is 1. The van der Waals surface area contributed by atoms with Crippen molar-refractivity contribution in [1.29, 1.82) is 5.26 Å². The van der Waals surface area contributed by atoms with Crippen LogP contribution in [0.5, 0.6) is 5.75 Å². The number of amides is 3. The van der Waals surface area contributed by atoms with Gasteiger partial charge >= 0.3 is 6.03 Å². The quantitative estimate of drug-likeness (QED) is 0.720. The van der Waals surface area contributed by atoms with Crippen LogP contribution in [0.1, 0.15) is 11.5 Å². The van der Waals surface area contributed by atoms with Crippen LogP contribution in [0, 0.1) is 17.2 Å². The summed E-state index contributed by atoms with van der Waals surface area (Å²) in [7, 11) is 1.54. The summed E-state index contributed by atoms with van der Waals surface area (Å²) in [6, 6.07) is 8.30. The summed E-state index contributed by atoms with van der Waals surface area (Å²) in [5, 5.41) is 14.1. The van der Waals surface area contributed by atoms with Gasteiger partial charge in [-0.1, -0.05) is 12.1 Å². The first kappa shape index (κ1) is 14.7. The molecule has 1 fully saturated rings. The Labute approximate surface area is 131 Å². The molecule has 3 unspecified atom stereocenters. The van der Waals surface area contributed by atoms with Crippen LogP contribution in [-0.4, -0.2) is 25.3 Å². The Morgan fingerprint density at radius 2 is 2.00 bits per heavy atom. The van der Waals surface area contributed by atoms with E-state index in [1.807, 2.05) is 6.07 Å². The van der Waals surface area contributed by atoms with E-state index in [1.54, 1.807) is 31.4 Å². The highest BCUT2D eigenvalue weighted by molar-refractivity contribution is 5.99. The average molecular weight is 314 g/mol. The van der Waals surface area contributed by atoms with E-state index in [2.05, 4.69) is 10.6 Å². The molecule has 2 aliphatic rings. The Kier molecular flexibility index (Phi) is 3.54. The summed E-state index contributed by atoms with van der Waals surface area (Å²) in [6.07, 6.45) is -0.916. The van der Waals surface area contributed by atoms with Gasteiger partial charge in [0.15, 0.2) is 6.23 Å². The van der Waals surface area contributed by atoms with Gasteiger partial charge in [0, 0.05) is 5.92 Å². The molecule has 1 aromatic carbocycles. The van der Waals surface area contributed by atoms with Gasteiger partial charge in [0.25, 0.3) is 0 Å². The van der Waals surface area contributed by atoms with Crippen LogP contribution in [0.3, 0.4) is 0 Å². The van der Waals surface area contributed by atoms with E-state index < -0.39 is 30.0 Å². The molecule has 0 spiro atoms. The number of allylic oxidation sites excluding steroid dienone is 1. The zero-order chi connectivity index (χ0) is 16.6. The van der Waals surface area contributed by atoms with Crippen molar-refractivity contribution < 1.29 is 19.1 Å². The summed E-state index contributed by atoms with van der Waals surface area (Å²) in [5.41, 5.74) is 6.66. The second kappa shape index (κ2) is 5.53. The molecule has 2 heterocycles. The van der Waals surface area contributed by atoms with E-state index in [9.17, 15) is 14.9 Å². The first-order valence-corrected chi connectivity index (χ1v) is 6.87. The molecule has 0 aromatic heterocycles. The number of carbonyl (C=O) groups is 2. The average Bonchev–Trinajstić information content (AvgIpc) is 2.53. The third kappa shape index (κ3) is 2.42. The van der Waals surface area contributed by atoms with Crippen molar-refractivity contribution >= 4 is 11.9 Å². The summed E-state index contributed by atoms with van der Waals surface area (Å²) in [6.45, 7) is 0. The Balaban J connectivity index is 2.08. The molecule has 0 bridgehead atoms. The topological polar surface area (TPSA) is 126 Å². The number of benzene rings is 1. The molecule has 3 amide bonds. The molecule has 3 atom stereocenters. The third-order valence-electron chi connectivity index (χ3n) is 3.92. The molecule has 2 aliphatic heterocycles. The number of imide groups is 1. The van der Waals surface area contributed by atoms with Gasteiger partial charge in [0.05, 0.1) is 12.7 Å². The van der Waals surface area contributed by atoms with Gasteiger partial charge in [0.2, 0.25) is 11.8 Å². The Morgan fingerprint density at radius 1 is 1.30 bits per heavy atom. The van der Waals surface area contributed by atoms with E-state index >= 15 is 0 Å². The summed E-state index contributed by atoms with van der Waals surface area (Å²) < 4.78 is 10.5. The number of urea groups is 1. The molecule has 118 valence electrons. The Morgan fingerprint density at radius 3 is 2.61 bits per heavy atom. The lowest BCUT2D eigenvalue weighted by atomic mass is 9.77. The fourth-order valence-electron chi connectivity index (χ4n) is 2.86. The summed E-state index contributed by atoms with van der Waals surface area (Å²) in [4.78, 5) is 23.7. The van der Waals surface area contributed by atoms with Gasteiger partial charge in [0.1, 0.15) is 17.7 Å². The molecule has 3 rings (SSSR count). The highest BCUT2D eigenvalue weighted by atomic mass is 16.5. The van der Waals surface area contributed by atoms with Crippen molar-refractivity contribution in [2.24, 2.45) is 11.7 Å². The number of carbonyl (C=O) groups excluding carboxylic acids is 2. The molecule has 4 N–H and O–H groups in total. The first-order chi connectivity index (χ1) is 11.0.